The number of carboxylic acid groups (broad SMARTS) is 1. The number of aromatic carboxylic acids is 1. The van der Waals surface area contributed by atoms with E-state index in [0.717, 1.165) is 32.1 Å². The molecule has 1 aromatic rings. The molecular formula is C16H21FN2O2. The number of benzene rings is 1. The van der Waals surface area contributed by atoms with Gasteiger partial charge in [0.1, 0.15) is 5.82 Å². The zero-order valence-electron chi connectivity index (χ0n) is 12.3. The van der Waals surface area contributed by atoms with Crippen molar-refractivity contribution in [2.75, 3.05) is 31.6 Å². The van der Waals surface area contributed by atoms with E-state index in [-0.39, 0.29) is 5.56 Å². The molecule has 3 rings (SSSR count). The molecule has 0 bridgehead atoms. The number of fused-ring (bicyclic) bond motifs is 1. The van der Waals surface area contributed by atoms with Crippen molar-refractivity contribution in [1.82, 2.24) is 4.90 Å². The second kappa shape index (κ2) is 5.64. The van der Waals surface area contributed by atoms with Crippen molar-refractivity contribution in [3.63, 3.8) is 0 Å². The van der Waals surface area contributed by atoms with E-state index in [1.54, 1.807) is 6.07 Å². The zero-order chi connectivity index (χ0) is 15.0. The lowest BCUT2D eigenvalue weighted by Gasteiger charge is -2.46. The molecule has 2 atom stereocenters. The third-order valence-corrected chi connectivity index (χ3v) is 4.88. The largest absolute Gasteiger partial charge is 0.478 e. The first-order chi connectivity index (χ1) is 10.1. The molecule has 5 heteroatoms. The van der Waals surface area contributed by atoms with Crippen LogP contribution in [0, 0.1) is 11.7 Å². The summed E-state index contributed by atoms with van der Waals surface area (Å²) in [5, 5.41) is 8.91. The number of carboxylic acids is 1. The Kier molecular flexibility index (Phi) is 3.85. The molecule has 0 radical (unpaired) electrons. The number of hydrogen-bond acceptors (Lipinski definition) is 3. The molecule has 21 heavy (non-hydrogen) atoms. The van der Waals surface area contributed by atoms with Gasteiger partial charge < -0.3 is 14.9 Å². The highest BCUT2D eigenvalue weighted by molar-refractivity contribution is 5.88. The van der Waals surface area contributed by atoms with Gasteiger partial charge in [-0.25, -0.2) is 9.18 Å². The molecule has 2 fully saturated rings. The molecule has 2 heterocycles. The minimum atomic E-state index is -1.09. The second-order valence-electron chi connectivity index (χ2n) is 6.16. The predicted molar refractivity (Wildman–Crippen MR) is 79.3 cm³/mol. The molecule has 2 aliphatic heterocycles. The van der Waals surface area contributed by atoms with E-state index in [2.05, 4.69) is 16.8 Å². The molecule has 2 unspecified atom stereocenters. The first-order valence-corrected chi connectivity index (χ1v) is 7.54. The van der Waals surface area contributed by atoms with Crippen LogP contribution in [0.4, 0.5) is 10.1 Å². The fourth-order valence-electron chi connectivity index (χ4n) is 3.77. The molecule has 2 saturated heterocycles. The average molecular weight is 292 g/mol. The molecule has 0 saturated carbocycles. The molecule has 4 nitrogen and oxygen atoms in total. The van der Waals surface area contributed by atoms with Gasteiger partial charge in [0.15, 0.2) is 0 Å². The van der Waals surface area contributed by atoms with Gasteiger partial charge in [0, 0.05) is 19.1 Å². The summed E-state index contributed by atoms with van der Waals surface area (Å²) in [6.07, 6.45) is 3.44. The molecular weight excluding hydrogens is 271 g/mol. The van der Waals surface area contributed by atoms with Gasteiger partial charge in [-0.3, -0.25) is 0 Å². The van der Waals surface area contributed by atoms with Crippen LogP contribution in [0.5, 0.6) is 0 Å². The minimum absolute atomic E-state index is 0.00327. The molecule has 114 valence electrons. The summed E-state index contributed by atoms with van der Waals surface area (Å²) in [6, 6.07) is 4.82. The Labute approximate surface area is 124 Å². The van der Waals surface area contributed by atoms with E-state index in [1.807, 2.05) is 0 Å². The maximum absolute atomic E-state index is 14.2. The summed E-state index contributed by atoms with van der Waals surface area (Å²) in [4.78, 5) is 15.4. The van der Waals surface area contributed by atoms with E-state index >= 15 is 0 Å². The summed E-state index contributed by atoms with van der Waals surface area (Å²) in [7, 11) is 2.18. The first-order valence-electron chi connectivity index (χ1n) is 7.54. The van der Waals surface area contributed by atoms with Gasteiger partial charge in [-0.15, -0.1) is 0 Å². The second-order valence-corrected chi connectivity index (χ2v) is 6.16. The third kappa shape index (κ3) is 2.75. The fraction of sp³-hybridized carbons (Fsp3) is 0.562. The summed E-state index contributed by atoms with van der Waals surface area (Å²) in [5.41, 5.74) is 0.537. The Morgan fingerprint density at radius 1 is 1.33 bits per heavy atom. The van der Waals surface area contributed by atoms with Crippen LogP contribution in [0.25, 0.3) is 0 Å². The Balaban J connectivity index is 1.78. The lowest BCUT2D eigenvalue weighted by atomic mass is 9.84. The maximum Gasteiger partial charge on any atom is 0.335 e. The van der Waals surface area contributed by atoms with E-state index in [1.165, 1.54) is 18.9 Å². The van der Waals surface area contributed by atoms with Crippen LogP contribution in [0.3, 0.4) is 0 Å². The van der Waals surface area contributed by atoms with Crippen molar-refractivity contribution in [2.45, 2.75) is 25.3 Å². The molecule has 2 aliphatic rings. The molecule has 1 aromatic carbocycles. The number of carbonyl (C=O) groups is 1. The molecule has 0 aliphatic carbocycles. The van der Waals surface area contributed by atoms with Crippen LogP contribution in [0.15, 0.2) is 18.2 Å². The quantitative estimate of drug-likeness (QED) is 0.909. The van der Waals surface area contributed by atoms with Crippen LogP contribution in [0.2, 0.25) is 0 Å². The van der Waals surface area contributed by atoms with Crippen molar-refractivity contribution in [2.24, 2.45) is 5.92 Å². The highest BCUT2D eigenvalue weighted by Gasteiger charge is 2.34. The maximum atomic E-state index is 14.2. The lowest BCUT2D eigenvalue weighted by Crippen LogP contribution is -2.52. The summed E-state index contributed by atoms with van der Waals surface area (Å²) < 4.78 is 14.2. The normalized spacial score (nSPS) is 26.5. The van der Waals surface area contributed by atoms with Gasteiger partial charge in [-0.1, -0.05) is 0 Å². The lowest BCUT2D eigenvalue weighted by molar-refractivity contribution is 0.0696. The molecule has 0 amide bonds. The van der Waals surface area contributed by atoms with Crippen LogP contribution in [-0.2, 0) is 0 Å². The van der Waals surface area contributed by atoms with Crippen molar-refractivity contribution >= 4 is 11.7 Å². The van der Waals surface area contributed by atoms with Crippen LogP contribution >= 0.6 is 0 Å². The number of piperidine rings is 2. The van der Waals surface area contributed by atoms with Gasteiger partial charge in [-0.05, 0) is 57.0 Å². The van der Waals surface area contributed by atoms with Gasteiger partial charge in [-0.2, -0.15) is 0 Å². The Hall–Kier alpha value is -1.62. The van der Waals surface area contributed by atoms with Gasteiger partial charge in [0.2, 0.25) is 0 Å². The zero-order valence-corrected chi connectivity index (χ0v) is 12.3. The first kappa shape index (κ1) is 14.3. The van der Waals surface area contributed by atoms with E-state index < -0.39 is 11.8 Å². The van der Waals surface area contributed by atoms with E-state index in [0.29, 0.717) is 17.6 Å². The number of likely N-dealkylation sites (tertiary alicyclic amines) is 1. The fourth-order valence-corrected chi connectivity index (χ4v) is 3.77. The highest BCUT2D eigenvalue weighted by Crippen LogP contribution is 2.33. The number of halogens is 1. The van der Waals surface area contributed by atoms with Crippen molar-refractivity contribution < 1.29 is 14.3 Å². The standard InChI is InChI=1S/C16H21FN2O2/c1-18-7-2-3-12-10-19(8-6-14(12)18)15-5-4-11(16(20)21)9-13(15)17/h4-5,9,12,14H,2-3,6-8,10H2,1H3,(H,20,21). The van der Waals surface area contributed by atoms with E-state index in [9.17, 15) is 9.18 Å². The van der Waals surface area contributed by atoms with Crippen molar-refractivity contribution in [1.29, 1.82) is 0 Å². The van der Waals surface area contributed by atoms with Crippen molar-refractivity contribution in [3.05, 3.63) is 29.6 Å². The average Bonchev–Trinajstić information content (AvgIpc) is 2.47. The topological polar surface area (TPSA) is 43.8 Å². The third-order valence-electron chi connectivity index (χ3n) is 4.88. The number of nitrogens with zero attached hydrogens (tertiary/aromatic N) is 2. The SMILES string of the molecule is CN1CCCC2CN(c3ccc(C(=O)O)cc3F)CCC21. The van der Waals surface area contributed by atoms with Gasteiger partial charge in [0.25, 0.3) is 0 Å². The van der Waals surface area contributed by atoms with Gasteiger partial charge in [0.05, 0.1) is 11.3 Å². The smallest absolute Gasteiger partial charge is 0.335 e. The van der Waals surface area contributed by atoms with Gasteiger partial charge >= 0.3 is 5.97 Å². The molecule has 0 spiro atoms. The molecule has 1 N–H and O–H groups in total. The number of rotatable bonds is 2. The van der Waals surface area contributed by atoms with Crippen LogP contribution < -0.4 is 4.90 Å². The Morgan fingerprint density at radius 2 is 2.14 bits per heavy atom. The predicted octanol–water partition coefficient (Wildman–Crippen LogP) is 2.44. The summed E-state index contributed by atoms with van der Waals surface area (Å²) in [5.74, 6) is -0.943. The monoisotopic (exact) mass is 292 g/mol. The Bertz CT molecular complexity index is 549. The minimum Gasteiger partial charge on any atom is -0.478 e. The van der Waals surface area contributed by atoms with Crippen molar-refractivity contribution in [3.8, 4) is 0 Å². The molecule has 0 aromatic heterocycles. The van der Waals surface area contributed by atoms with Crippen LogP contribution in [0.1, 0.15) is 29.6 Å². The summed E-state index contributed by atoms with van der Waals surface area (Å²) in [6.45, 7) is 2.84. The Morgan fingerprint density at radius 3 is 2.86 bits per heavy atom. The highest BCUT2D eigenvalue weighted by atomic mass is 19.1. The number of hydrogen-bond donors (Lipinski definition) is 1. The number of anilines is 1. The summed E-state index contributed by atoms with van der Waals surface area (Å²) >= 11 is 0. The van der Waals surface area contributed by atoms with E-state index in [4.69, 9.17) is 5.11 Å². The van der Waals surface area contributed by atoms with Crippen LogP contribution in [-0.4, -0.2) is 48.7 Å².